The van der Waals surface area contributed by atoms with Crippen LogP contribution in [0, 0.1) is 5.92 Å². The van der Waals surface area contributed by atoms with Crippen LogP contribution in [0.5, 0.6) is 0 Å². The lowest BCUT2D eigenvalue weighted by Gasteiger charge is -2.21. The van der Waals surface area contributed by atoms with Crippen LogP contribution in [-0.2, 0) is 18.4 Å². The number of nitrogens with two attached hydrogens (primary N) is 1. The summed E-state index contributed by atoms with van der Waals surface area (Å²) in [5, 5.41) is 4.07. The van der Waals surface area contributed by atoms with Crippen molar-refractivity contribution < 1.29 is 4.79 Å². The number of nitrogens with zero attached hydrogens (tertiary/aromatic N) is 3. The van der Waals surface area contributed by atoms with Gasteiger partial charge < -0.3 is 10.6 Å². The lowest BCUT2D eigenvalue weighted by atomic mass is 10.1. The fraction of sp³-hybridized carbons (Fsp3) is 0.636. The Morgan fingerprint density at radius 3 is 2.81 bits per heavy atom. The summed E-state index contributed by atoms with van der Waals surface area (Å²) in [5.41, 5.74) is 6.59. The third-order valence-electron chi connectivity index (χ3n) is 2.68. The first-order chi connectivity index (χ1) is 7.58. The summed E-state index contributed by atoms with van der Waals surface area (Å²) in [4.78, 5) is 13.6. The quantitative estimate of drug-likeness (QED) is 0.785. The van der Waals surface area contributed by atoms with Crippen molar-refractivity contribution in [2.24, 2.45) is 18.7 Å². The first kappa shape index (κ1) is 12.7. The van der Waals surface area contributed by atoms with Crippen molar-refractivity contribution in [3.05, 3.63) is 18.0 Å². The SMILES string of the molecule is CCC(CN)C(=O)N(C)Cc1cnn(C)c1. The second-order valence-electron chi connectivity index (χ2n) is 4.06. The number of aromatic nitrogens is 2. The fourth-order valence-electron chi connectivity index (χ4n) is 1.66. The zero-order valence-corrected chi connectivity index (χ0v) is 10.2. The maximum absolute atomic E-state index is 11.9. The topological polar surface area (TPSA) is 64.2 Å². The van der Waals surface area contributed by atoms with Gasteiger partial charge in [-0.05, 0) is 6.42 Å². The number of amides is 1. The van der Waals surface area contributed by atoms with Gasteiger partial charge in [0.1, 0.15) is 0 Å². The van der Waals surface area contributed by atoms with Crippen molar-refractivity contribution in [1.82, 2.24) is 14.7 Å². The summed E-state index contributed by atoms with van der Waals surface area (Å²) in [6.45, 7) is 2.98. The van der Waals surface area contributed by atoms with E-state index in [2.05, 4.69) is 5.10 Å². The molecule has 5 heteroatoms. The van der Waals surface area contributed by atoms with Gasteiger partial charge in [-0.1, -0.05) is 6.92 Å². The summed E-state index contributed by atoms with van der Waals surface area (Å²) in [7, 11) is 3.66. The average Bonchev–Trinajstić information content (AvgIpc) is 2.65. The van der Waals surface area contributed by atoms with Gasteiger partial charge >= 0.3 is 0 Å². The Kier molecular flexibility index (Phi) is 4.49. The molecule has 1 atom stereocenters. The van der Waals surface area contributed by atoms with Crippen molar-refractivity contribution >= 4 is 5.91 Å². The van der Waals surface area contributed by atoms with Gasteiger partial charge in [-0.25, -0.2) is 0 Å². The molecule has 1 aromatic heterocycles. The van der Waals surface area contributed by atoms with Gasteiger partial charge in [0.15, 0.2) is 0 Å². The summed E-state index contributed by atoms with van der Waals surface area (Å²) in [6.07, 6.45) is 4.47. The maximum atomic E-state index is 11.9. The van der Waals surface area contributed by atoms with E-state index in [1.54, 1.807) is 22.8 Å². The van der Waals surface area contributed by atoms with Gasteiger partial charge in [-0.15, -0.1) is 0 Å². The largest absolute Gasteiger partial charge is 0.341 e. The lowest BCUT2D eigenvalue weighted by Crippen LogP contribution is -2.35. The highest BCUT2D eigenvalue weighted by Crippen LogP contribution is 2.08. The first-order valence-electron chi connectivity index (χ1n) is 5.51. The molecule has 0 aliphatic carbocycles. The molecule has 1 aromatic rings. The predicted octanol–water partition coefficient (Wildman–Crippen LogP) is 0.363. The molecule has 1 rings (SSSR count). The van der Waals surface area contributed by atoms with Crippen molar-refractivity contribution in [1.29, 1.82) is 0 Å². The highest BCUT2D eigenvalue weighted by molar-refractivity contribution is 5.78. The zero-order valence-electron chi connectivity index (χ0n) is 10.2. The molecular weight excluding hydrogens is 204 g/mol. The van der Waals surface area contributed by atoms with Crippen LogP contribution in [0.2, 0.25) is 0 Å². The van der Waals surface area contributed by atoms with E-state index in [9.17, 15) is 4.79 Å². The molecule has 0 bridgehead atoms. The molecule has 0 saturated heterocycles. The molecule has 2 N–H and O–H groups in total. The molecular formula is C11H20N4O. The molecule has 0 radical (unpaired) electrons. The first-order valence-corrected chi connectivity index (χ1v) is 5.51. The highest BCUT2D eigenvalue weighted by atomic mass is 16.2. The monoisotopic (exact) mass is 224 g/mol. The Morgan fingerprint density at radius 2 is 2.38 bits per heavy atom. The van der Waals surface area contributed by atoms with Gasteiger partial charge in [-0.3, -0.25) is 9.48 Å². The average molecular weight is 224 g/mol. The van der Waals surface area contributed by atoms with E-state index in [0.29, 0.717) is 13.1 Å². The molecule has 1 amide bonds. The number of carbonyl (C=O) groups is 1. The Bertz CT molecular complexity index is 344. The molecule has 0 aliphatic heterocycles. The lowest BCUT2D eigenvalue weighted by molar-refractivity contribution is -0.134. The molecule has 0 saturated carbocycles. The van der Waals surface area contributed by atoms with E-state index in [-0.39, 0.29) is 11.8 Å². The van der Waals surface area contributed by atoms with Crippen LogP contribution in [0.15, 0.2) is 12.4 Å². The van der Waals surface area contributed by atoms with Crippen LogP contribution < -0.4 is 5.73 Å². The minimum atomic E-state index is -0.0679. The molecule has 1 unspecified atom stereocenters. The number of rotatable bonds is 5. The fourth-order valence-corrected chi connectivity index (χ4v) is 1.66. The van der Waals surface area contributed by atoms with Crippen LogP contribution in [0.4, 0.5) is 0 Å². The summed E-state index contributed by atoms with van der Waals surface area (Å²) in [6, 6.07) is 0. The van der Waals surface area contributed by atoms with Crippen LogP contribution in [0.3, 0.4) is 0 Å². The third-order valence-corrected chi connectivity index (χ3v) is 2.68. The summed E-state index contributed by atoms with van der Waals surface area (Å²) >= 11 is 0. The van der Waals surface area contributed by atoms with E-state index in [4.69, 9.17) is 5.73 Å². The van der Waals surface area contributed by atoms with E-state index in [1.165, 1.54) is 0 Å². The van der Waals surface area contributed by atoms with Crippen LogP contribution >= 0.6 is 0 Å². The minimum Gasteiger partial charge on any atom is -0.341 e. The van der Waals surface area contributed by atoms with Gasteiger partial charge in [0.2, 0.25) is 5.91 Å². The Balaban J connectivity index is 2.57. The molecule has 5 nitrogen and oxygen atoms in total. The van der Waals surface area contributed by atoms with Gasteiger partial charge in [-0.2, -0.15) is 5.10 Å². The summed E-state index contributed by atoms with van der Waals surface area (Å²) < 4.78 is 1.73. The molecule has 90 valence electrons. The second-order valence-corrected chi connectivity index (χ2v) is 4.06. The predicted molar refractivity (Wildman–Crippen MR) is 62.5 cm³/mol. The van der Waals surface area contributed by atoms with Gasteiger partial charge in [0.25, 0.3) is 0 Å². The maximum Gasteiger partial charge on any atom is 0.226 e. The smallest absolute Gasteiger partial charge is 0.226 e. The molecule has 0 fully saturated rings. The third kappa shape index (κ3) is 3.06. The number of aryl methyl sites for hydroxylation is 1. The van der Waals surface area contributed by atoms with Crippen molar-refractivity contribution in [2.45, 2.75) is 19.9 Å². The van der Waals surface area contributed by atoms with Gasteiger partial charge in [0.05, 0.1) is 12.1 Å². The number of hydrogen-bond donors (Lipinski definition) is 1. The van der Waals surface area contributed by atoms with Crippen LogP contribution in [0.1, 0.15) is 18.9 Å². The van der Waals surface area contributed by atoms with Gasteiger partial charge in [0, 0.05) is 38.9 Å². The standard InChI is InChI=1S/C11H20N4O/c1-4-10(5-12)11(16)14(2)7-9-6-13-15(3)8-9/h6,8,10H,4-5,7,12H2,1-3H3. The molecule has 16 heavy (non-hydrogen) atoms. The van der Waals surface area contributed by atoms with E-state index in [0.717, 1.165) is 12.0 Å². The minimum absolute atomic E-state index is 0.0679. The van der Waals surface area contributed by atoms with Crippen LogP contribution in [-0.4, -0.2) is 34.2 Å². The highest BCUT2D eigenvalue weighted by Gasteiger charge is 2.19. The van der Waals surface area contributed by atoms with Crippen molar-refractivity contribution in [3.63, 3.8) is 0 Å². The molecule has 0 aliphatic rings. The van der Waals surface area contributed by atoms with E-state index >= 15 is 0 Å². The number of carbonyl (C=O) groups excluding carboxylic acids is 1. The Morgan fingerprint density at radius 1 is 1.69 bits per heavy atom. The van der Waals surface area contributed by atoms with Crippen molar-refractivity contribution in [3.8, 4) is 0 Å². The molecule has 0 spiro atoms. The number of hydrogen-bond acceptors (Lipinski definition) is 3. The second kappa shape index (κ2) is 5.65. The molecule has 1 heterocycles. The Labute approximate surface area is 96.2 Å². The molecule has 0 aromatic carbocycles. The van der Waals surface area contributed by atoms with Crippen molar-refractivity contribution in [2.75, 3.05) is 13.6 Å². The van der Waals surface area contributed by atoms with E-state index in [1.807, 2.05) is 20.2 Å². The summed E-state index contributed by atoms with van der Waals surface area (Å²) in [5.74, 6) is 0.0375. The van der Waals surface area contributed by atoms with E-state index < -0.39 is 0 Å². The normalized spacial score (nSPS) is 12.5. The van der Waals surface area contributed by atoms with Crippen LogP contribution in [0.25, 0.3) is 0 Å². The zero-order chi connectivity index (χ0) is 12.1. The Hall–Kier alpha value is -1.36.